The van der Waals surface area contributed by atoms with Crippen LogP contribution in [0.5, 0.6) is 0 Å². The van der Waals surface area contributed by atoms with Crippen molar-refractivity contribution in [3.05, 3.63) is 35.4 Å². The summed E-state index contributed by atoms with van der Waals surface area (Å²) in [6, 6.07) is 4.72. The van der Waals surface area contributed by atoms with E-state index in [9.17, 15) is 18.0 Å². The highest BCUT2D eigenvalue weighted by Gasteiger charge is 2.31. The molecule has 0 heterocycles. The zero-order valence-corrected chi connectivity index (χ0v) is 14.4. The molecule has 1 aromatic rings. The molecule has 0 spiro atoms. The van der Waals surface area contributed by atoms with Crippen molar-refractivity contribution in [1.82, 2.24) is 10.6 Å². The Kier molecular flexibility index (Phi) is 9.24. The van der Waals surface area contributed by atoms with Crippen molar-refractivity contribution in [2.45, 2.75) is 38.9 Å². The van der Waals surface area contributed by atoms with Crippen molar-refractivity contribution in [2.24, 2.45) is 5.92 Å². The van der Waals surface area contributed by atoms with E-state index in [4.69, 9.17) is 0 Å². The normalized spacial score (nSPS) is 12.7. The van der Waals surface area contributed by atoms with Gasteiger partial charge in [-0.3, -0.25) is 4.79 Å². The molecule has 0 aliphatic carbocycles. The summed E-state index contributed by atoms with van der Waals surface area (Å²) in [4.78, 5) is 11.9. The van der Waals surface area contributed by atoms with Crippen LogP contribution in [-0.2, 0) is 11.0 Å². The number of alkyl halides is 3. The van der Waals surface area contributed by atoms with E-state index < -0.39 is 17.8 Å². The second-order valence-electron chi connectivity index (χ2n) is 5.62. The first-order valence-corrected chi connectivity index (χ1v) is 7.36. The minimum atomic E-state index is -4.38. The van der Waals surface area contributed by atoms with Gasteiger partial charge in [0, 0.05) is 6.42 Å². The van der Waals surface area contributed by atoms with E-state index in [1.807, 2.05) is 13.8 Å². The van der Waals surface area contributed by atoms with Gasteiger partial charge in [-0.05, 0) is 43.6 Å². The summed E-state index contributed by atoms with van der Waals surface area (Å²) in [7, 11) is 1.80. The molecule has 0 saturated heterocycles. The van der Waals surface area contributed by atoms with Gasteiger partial charge >= 0.3 is 6.18 Å². The molecule has 0 aliphatic heterocycles. The van der Waals surface area contributed by atoms with Crippen molar-refractivity contribution in [3.8, 4) is 0 Å². The summed E-state index contributed by atoms with van der Waals surface area (Å²) in [6.45, 7) is 4.47. The first-order chi connectivity index (χ1) is 10.3. The molecule has 2 N–H and O–H groups in total. The van der Waals surface area contributed by atoms with Crippen LogP contribution in [0, 0.1) is 5.92 Å². The summed E-state index contributed by atoms with van der Waals surface area (Å²) in [5.41, 5.74) is -0.216. The van der Waals surface area contributed by atoms with E-state index in [0.717, 1.165) is 18.7 Å². The summed E-state index contributed by atoms with van der Waals surface area (Å²) < 4.78 is 38.4. The minimum absolute atomic E-state index is 0. The van der Waals surface area contributed by atoms with Gasteiger partial charge in [-0.25, -0.2) is 0 Å². The van der Waals surface area contributed by atoms with E-state index in [0.29, 0.717) is 18.4 Å². The van der Waals surface area contributed by atoms with Crippen LogP contribution < -0.4 is 10.6 Å². The first-order valence-electron chi connectivity index (χ1n) is 7.36. The molecule has 1 rings (SSSR count). The van der Waals surface area contributed by atoms with Crippen LogP contribution in [-0.4, -0.2) is 19.5 Å². The molecular formula is C16H24ClF3N2O. The lowest BCUT2D eigenvalue weighted by molar-refractivity contribution is -0.137. The van der Waals surface area contributed by atoms with Crippen LogP contribution >= 0.6 is 12.4 Å². The molecule has 0 radical (unpaired) electrons. The third kappa shape index (κ3) is 7.22. The molecule has 7 heteroatoms. The van der Waals surface area contributed by atoms with Crippen LogP contribution in [0.3, 0.4) is 0 Å². The van der Waals surface area contributed by atoms with Crippen molar-refractivity contribution in [2.75, 3.05) is 13.6 Å². The van der Waals surface area contributed by atoms with E-state index >= 15 is 0 Å². The van der Waals surface area contributed by atoms with Crippen LogP contribution in [0.4, 0.5) is 13.2 Å². The van der Waals surface area contributed by atoms with Gasteiger partial charge < -0.3 is 10.6 Å². The maximum atomic E-state index is 12.8. The molecule has 0 saturated carbocycles. The van der Waals surface area contributed by atoms with Crippen molar-refractivity contribution in [1.29, 1.82) is 0 Å². The average molecular weight is 353 g/mol. The van der Waals surface area contributed by atoms with Gasteiger partial charge in [0.25, 0.3) is 0 Å². The Labute approximate surface area is 141 Å². The van der Waals surface area contributed by atoms with Gasteiger partial charge in [-0.15, -0.1) is 12.4 Å². The Bertz CT molecular complexity index is 492. The van der Waals surface area contributed by atoms with Crippen LogP contribution in [0.15, 0.2) is 24.3 Å². The lowest BCUT2D eigenvalue weighted by Gasteiger charge is -2.24. The largest absolute Gasteiger partial charge is 0.416 e. The molecule has 1 amide bonds. The van der Waals surface area contributed by atoms with Crippen LogP contribution in [0.1, 0.15) is 43.9 Å². The molecule has 0 bridgehead atoms. The van der Waals surface area contributed by atoms with E-state index in [2.05, 4.69) is 10.6 Å². The zero-order chi connectivity index (χ0) is 16.8. The fourth-order valence-electron chi connectivity index (χ4n) is 2.21. The van der Waals surface area contributed by atoms with Gasteiger partial charge in [-0.2, -0.15) is 13.2 Å². The highest BCUT2D eigenvalue weighted by Crippen LogP contribution is 2.32. The van der Waals surface area contributed by atoms with E-state index in [1.54, 1.807) is 13.1 Å². The number of carbonyl (C=O) groups excluding carboxylic acids is 1. The fraction of sp³-hybridized carbons (Fsp3) is 0.562. The maximum absolute atomic E-state index is 12.8. The van der Waals surface area contributed by atoms with Crippen molar-refractivity contribution in [3.63, 3.8) is 0 Å². The molecule has 1 unspecified atom stereocenters. The van der Waals surface area contributed by atoms with Gasteiger partial charge in [0.2, 0.25) is 5.91 Å². The molecule has 1 aromatic carbocycles. The number of hydrogen-bond acceptors (Lipinski definition) is 2. The zero-order valence-electron chi connectivity index (χ0n) is 13.5. The van der Waals surface area contributed by atoms with Gasteiger partial charge in [0.1, 0.15) is 0 Å². The lowest BCUT2D eigenvalue weighted by atomic mass is 9.94. The lowest BCUT2D eigenvalue weighted by Crippen LogP contribution is -2.32. The number of rotatable bonds is 7. The first kappa shape index (κ1) is 21.7. The topological polar surface area (TPSA) is 41.1 Å². The predicted octanol–water partition coefficient (Wildman–Crippen LogP) is 3.94. The molecule has 132 valence electrons. The predicted molar refractivity (Wildman–Crippen MR) is 87.6 cm³/mol. The number of amides is 1. The molecule has 0 aromatic heterocycles. The van der Waals surface area contributed by atoms with Gasteiger partial charge in [-0.1, -0.05) is 26.0 Å². The second kappa shape index (κ2) is 9.78. The Balaban J connectivity index is 0.00000484. The fourth-order valence-corrected chi connectivity index (χ4v) is 2.21. The monoisotopic (exact) mass is 352 g/mol. The summed E-state index contributed by atoms with van der Waals surface area (Å²) in [5, 5.41) is 5.79. The third-order valence-corrected chi connectivity index (χ3v) is 3.39. The Morgan fingerprint density at radius 3 is 2.43 bits per heavy atom. The highest BCUT2D eigenvalue weighted by molar-refractivity contribution is 5.85. The summed E-state index contributed by atoms with van der Waals surface area (Å²) in [5.74, 6) is -0.150. The molecular weight excluding hydrogens is 329 g/mol. The van der Waals surface area contributed by atoms with Gasteiger partial charge in [0.05, 0.1) is 11.6 Å². The molecule has 0 aliphatic rings. The van der Waals surface area contributed by atoms with Crippen molar-refractivity contribution >= 4 is 18.3 Å². The smallest absolute Gasteiger partial charge is 0.349 e. The summed E-state index contributed by atoms with van der Waals surface area (Å²) in [6.07, 6.45) is -3.34. The maximum Gasteiger partial charge on any atom is 0.416 e. The Hall–Kier alpha value is -1.27. The third-order valence-electron chi connectivity index (χ3n) is 3.39. The Morgan fingerprint density at radius 1 is 1.26 bits per heavy atom. The molecule has 3 nitrogen and oxygen atoms in total. The van der Waals surface area contributed by atoms with Crippen molar-refractivity contribution < 1.29 is 18.0 Å². The Morgan fingerprint density at radius 2 is 1.91 bits per heavy atom. The average Bonchev–Trinajstić information content (AvgIpc) is 2.44. The molecule has 1 atom stereocenters. The number of hydrogen-bond donors (Lipinski definition) is 2. The number of carbonyl (C=O) groups is 1. The molecule has 23 heavy (non-hydrogen) atoms. The second-order valence-corrected chi connectivity index (χ2v) is 5.62. The highest BCUT2D eigenvalue weighted by atomic mass is 35.5. The van der Waals surface area contributed by atoms with Crippen LogP contribution in [0.25, 0.3) is 0 Å². The quantitative estimate of drug-likeness (QED) is 0.730. The summed E-state index contributed by atoms with van der Waals surface area (Å²) >= 11 is 0. The number of benzene rings is 1. The SMILES string of the molecule is CNCCCC(=O)NC(c1cccc(C(F)(F)F)c1)C(C)C.Cl. The minimum Gasteiger partial charge on any atom is -0.349 e. The number of nitrogens with one attached hydrogen (secondary N) is 2. The van der Waals surface area contributed by atoms with E-state index in [-0.39, 0.29) is 24.2 Å². The standard InChI is InChI=1S/C16H23F3N2O.ClH/c1-11(2)15(21-14(22)8-5-9-20-3)12-6-4-7-13(10-12)16(17,18)19;/h4,6-7,10-11,15,20H,5,8-9H2,1-3H3,(H,21,22);1H. The van der Waals surface area contributed by atoms with Gasteiger partial charge in [0.15, 0.2) is 0 Å². The number of halogens is 4. The van der Waals surface area contributed by atoms with Crippen LogP contribution in [0.2, 0.25) is 0 Å². The van der Waals surface area contributed by atoms with E-state index in [1.165, 1.54) is 6.07 Å². The molecule has 0 fully saturated rings.